The fourth-order valence-corrected chi connectivity index (χ4v) is 9.76. The molecule has 0 radical (unpaired) electrons. The number of rotatable bonds is 22. The number of hydrogen-bond acceptors (Lipinski definition) is 14. The topological polar surface area (TPSA) is 303 Å². The van der Waals surface area contributed by atoms with Crippen LogP contribution < -0.4 is 37.5 Å². The summed E-state index contributed by atoms with van der Waals surface area (Å²) in [4.78, 5) is 133. The molecule has 4 aliphatic rings. The minimum absolute atomic E-state index is 0.0366. The van der Waals surface area contributed by atoms with Crippen LogP contribution in [0, 0.1) is 12.7 Å². The molecule has 0 saturated heterocycles. The highest BCUT2D eigenvalue weighted by Crippen LogP contribution is 2.46. The number of hydrogen-bond donors (Lipinski definition) is 7. The lowest BCUT2D eigenvalue weighted by molar-refractivity contribution is -0.172. The Morgan fingerprint density at radius 1 is 0.867 bits per heavy atom. The maximum absolute atomic E-state index is 15.4. The van der Waals surface area contributed by atoms with Crippen LogP contribution in [0.1, 0.15) is 90.4 Å². The van der Waals surface area contributed by atoms with Gasteiger partial charge in [0, 0.05) is 54.1 Å². The Bertz CT molecular complexity index is 3090. The zero-order chi connectivity index (χ0) is 53.6. The van der Waals surface area contributed by atoms with E-state index in [0.29, 0.717) is 76.6 Å². The van der Waals surface area contributed by atoms with Crippen LogP contribution in [0.4, 0.5) is 4.39 Å². The van der Waals surface area contributed by atoms with Crippen molar-refractivity contribution in [2.45, 2.75) is 96.1 Å². The predicted molar refractivity (Wildman–Crippen MR) is 263 cm³/mol. The van der Waals surface area contributed by atoms with E-state index in [1.54, 1.807) is 50.2 Å². The summed E-state index contributed by atoms with van der Waals surface area (Å²) in [6.07, 6.45) is 4.82. The molecule has 1 aliphatic carbocycles. The number of amides is 8. The molecule has 8 rings (SSSR count). The molecule has 2 aromatic heterocycles. The van der Waals surface area contributed by atoms with Gasteiger partial charge in [-0.05, 0) is 67.3 Å². The average Bonchev–Trinajstić information content (AvgIpc) is 3.98. The molecule has 75 heavy (non-hydrogen) atoms. The average molecular weight is 1030 g/mol. The first-order valence-electron chi connectivity index (χ1n) is 24.6. The molecule has 5 heterocycles. The first kappa shape index (κ1) is 53.1. The van der Waals surface area contributed by atoms with E-state index in [0.717, 1.165) is 10.5 Å². The number of aromatic nitrogens is 2. The molecular weight excluding hydrogens is 978 g/mol. The summed E-state index contributed by atoms with van der Waals surface area (Å²) in [5, 5.41) is 27.4. The number of fused-ring (bicyclic) bond motifs is 5. The van der Waals surface area contributed by atoms with Gasteiger partial charge >= 0.3 is 5.97 Å². The van der Waals surface area contributed by atoms with Crippen molar-refractivity contribution in [1.82, 2.24) is 46.4 Å². The number of carbonyl (C=O) groups excluding carboxylic acids is 9. The van der Waals surface area contributed by atoms with E-state index < -0.39 is 103 Å². The third-order valence-electron chi connectivity index (χ3n) is 13.8. The van der Waals surface area contributed by atoms with Gasteiger partial charge in [-0.25, -0.2) is 14.2 Å². The molecule has 0 spiro atoms. The van der Waals surface area contributed by atoms with Crippen LogP contribution in [-0.2, 0) is 84.2 Å². The first-order chi connectivity index (χ1) is 36.0. The number of carbonyl (C=O) groups is 9. The lowest BCUT2D eigenvalue weighted by atomic mass is 9.81. The van der Waals surface area contributed by atoms with E-state index in [1.807, 2.05) is 0 Å². The number of aliphatic hydroxyl groups is 1. The van der Waals surface area contributed by atoms with Crippen molar-refractivity contribution in [2.75, 3.05) is 39.5 Å². The van der Waals surface area contributed by atoms with Gasteiger partial charge in [-0.1, -0.05) is 43.7 Å². The van der Waals surface area contributed by atoms with E-state index in [9.17, 15) is 53.1 Å². The molecule has 0 bridgehead atoms. The largest absolute Gasteiger partial charge is 0.458 e. The third-order valence-corrected chi connectivity index (χ3v) is 13.8. The second-order valence-electron chi connectivity index (χ2n) is 18.6. The van der Waals surface area contributed by atoms with Crippen LogP contribution in [-0.4, -0.2) is 118 Å². The Balaban J connectivity index is 0.805. The fraction of sp³-hybridized carbons (Fsp3) is 0.404. The zero-order valence-electron chi connectivity index (χ0n) is 41.2. The van der Waals surface area contributed by atoms with Crippen molar-refractivity contribution in [1.29, 1.82) is 0 Å². The van der Waals surface area contributed by atoms with Gasteiger partial charge in [0.1, 0.15) is 31.8 Å². The summed E-state index contributed by atoms with van der Waals surface area (Å²) in [6, 6.07) is 9.83. The van der Waals surface area contributed by atoms with E-state index in [-0.39, 0.29) is 61.9 Å². The summed E-state index contributed by atoms with van der Waals surface area (Å²) in [7, 11) is 0. The molecule has 2 aromatic carbocycles. The predicted octanol–water partition coefficient (Wildman–Crippen LogP) is 0.282. The molecule has 7 N–H and O–H groups in total. The highest BCUT2D eigenvalue weighted by Gasteiger charge is 2.46. The van der Waals surface area contributed by atoms with Crippen LogP contribution in [0.5, 0.6) is 0 Å². The molecule has 8 amide bonds. The Hall–Kier alpha value is -8.18. The second-order valence-corrected chi connectivity index (χ2v) is 18.6. The number of esters is 1. The van der Waals surface area contributed by atoms with E-state index in [4.69, 9.17) is 14.5 Å². The van der Waals surface area contributed by atoms with Crippen LogP contribution in [0.3, 0.4) is 0 Å². The van der Waals surface area contributed by atoms with E-state index >= 15 is 4.39 Å². The highest BCUT2D eigenvalue weighted by atomic mass is 19.1. The van der Waals surface area contributed by atoms with Gasteiger partial charge in [0.2, 0.25) is 35.4 Å². The highest BCUT2D eigenvalue weighted by molar-refractivity contribution is 6.12. The molecule has 4 aromatic rings. The monoisotopic (exact) mass is 1030 g/mol. The number of benzene rings is 2. The number of cyclic esters (lactones) is 1. The standard InChI is InChI=1S/C52H56FN9O13/c1-3-52(73)33-19-38-48-31(24-62(38)50(71)32(33)25-75-51(52)72)47-35(14-13-30-28(2)34(53)20-36(60-48)46(30)47)58-43(67)26-74-27-57-41(65)22-56-49(70)37(18-29-10-6-4-7-11-29)59-42(66)23-55-40(64)21-54-39(63)12-8-5-9-17-61-44(68)15-16-45(61)69/h4,6-7,10-11,15-16,19-20,35,37,73H,3,5,8-9,12-14,17-18,21-27H2,1-2H3,(H,54,63)(H,55,64)(H,56,70)(H,57,65)(H,58,67)(H,59,66)/t35-,37+,52-/m0/s1. The van der Waals surface area contributed by atoms with Gasteiger partial charge in [0.05, 0.1) is 54.7 Å². The van der Waals surface area contributed by atoms with Crippen LogP contribution >= 0.6 is 0 Å². The number of nitrogens with one attached hydrogen (secondary N) is 6. The van der Waals surface area contributed by atoms with Crippen LogP contribution in [0.2, 0.25) is 0 Å². The Morgan fingerprint density at radius 2 is 1.57 bits per heavy atom. The van der Waals surface area contributed by atoms with Gasteiger partial charge in [-0.2, -0.15) is 0 Å². The Kier molecular flexibility index (Phi) is 16.2. The number of pyridine rings is 2. The molecule has 0 saturated carbocycles. The smallest absolute Gasteiger partial charge is 0.343 e. The van der Waals surface area contributed by atoms with Gasteiger partial charge in [0.15, 0.2) is 5.60 Å². The first-order valence-corrected chi connectivity index (χ1v) is 24.6. The minimum Gasteiger partial charge on any atom is -0.458 e. The molecule has 394 valence electrons. The Labute approximate surface area is 428 Å². The quantitative estimate of drug-likeness (QED) is 0.0212. The van der Waals surface area contributed by atoms with Crippen molar-refractivity contribution in [3.8, 4) is 11.4 Å². The molecular formula is C52H56FN9O13. The van der Waals surface area contributed by atoms with Crippen molar-refractivity contribution >= 4 is 64.1 Å². The van der Waals surface area contributed by atoms with E-state index in [1.165, 1.54) is 22.8 Å². The number of nitrogens with zero attached hydrogens (tertiary/aromatic N) is 3. The maximum atomic E-state index is 15.4. The molecule has 3 aliphatic heterocycles. The molecule has 23 heteroatoms. The SMILES string of the molecule is CC[C@@]1(O)C(=O)OCc2c1cc1n(c2=O)Cc2c-1nc1cc(F)c(C)c3c1c2[C@@H](NC(=O)COCNC(=O)CNC(=O)[C@@H](Cc1ccccc1)NC(=O)CNC(=O)CNC(=O)CCCCCN1C(=O)C=CC1=O)CC3. The fourth-order valence-electron chi connectivity index (χ4n) is 9.76. The summed E-state index contributed by atoms with van der Waals surface area (Å²) in [5.41, 5.74) is 1.84. The molecule has 0 unspecified atom stereocenters. The summed E-state index contributed by atoms with van der Waals surface area (Å²) in [6.45, 7) is 0.880. The van der Waals surface area contributed by atoms with Gasteiger partial charge in [0.25, 0.3) is 17.4 Å². The minimum atomic E-state index is -2.05. The second kappa shape index (κ2) is 22.9. The summed E-state index contributed by atoms with van der Waals surface area (Å²) >= 11 is 0. The number of imide groups is 1. The maximum Gasteiger partial charge on any atom is 0.343 e. The number of unbranched alkanes of at least 4 members (excludes halogenated alkanes) is 2. The van der Waals surface area contributed by atoms with Crippen molar-refractivity contribution < 1.29 is 62.1 Å². The van der Waals surface area contributed by atoms with Crippen molar-refractivity contribution in [2.24, 2.45) is 0 Å². The zero-order valence-corrected chi connectivity index (χ0v) is 41.2. The van der Waals surface area contributed by atoms with Crippen LogP contribution in [0.25, 0.3) is 22.3 Å². The normalized spacial score (nSPS) is 17.4. The lowest BCUT2D eigenvalue weighted by Crippen LogP contribution is -2.52. The number of aryl methyl sites for hydroxylation is 1. The van der Waals surface area contributed by atoms with Crippen molar-refractivity contribution in [3.05, 3.63) is 110 Å². The molecule has 22 nitrogen and oxygen atoms in total. The van der Waals surface area contributed by atoms with Gasteiger partial charge in [-0.3, -0.25) is 48.1 Å². The third kappa shape index (κ3) is 11.6. The molecule has 3 atom stereocenters. The number of halogens is 1. The number of ether oxygens (including phenoxy) is 2. The molecule has 0 fully saturated rings. The van der Waals surface area contributed by atoms with Crippen LogP contribution in [0.15, 0.2) is 59.4 Å². The Morgan fingerprint density at radius 3 is 2.32 bits per heavy atom. The lowest BCUT2D eigenvalue weighted by Gasteiger charge is -2.31. The summed E-state index contributed by atoms with van der Waals surface area (Å²) < 4.78 is 27.5. The van der Waals surface area contributed by atoms with Gasteiger partial charge in [-0.15, -0.1) is 0 Å². The summed E-state index contributed by atoms with van der Waals surface area (Å²) in [5.74, 6) is -5.79. The van der Waals surface area contributed by atoms with Gasteiger partial charge < -0.3 is 51.0 Å². The van der Waals surface area contributed by atoms with E-state index in [2.05, 4.69) is 31.9 Å². The van der Waals surface area contributed by atoms with Crippen molar-refractivity contribution in [3.63, 3.8) is 0 Å².